The summed E-state index contributed by atoms with van der Waals surface area (Å²) in [6.45, 7) is 8.99. The number of thiazole rings is 1. The Morgan fingerprint density at radius 3 is 2.72 bits per heavy atom. The van der Waals surface area contributed by atoms with Crippen LogP contribution in [0.4, 0.5) is 11.5 Å². The van der Waals surface area contributed by atoms with E-state index in [9.17, 15) is 5.21 Å². The summed E-state index contributed by atoms with van der Waals surface area (Å²) in [7, 11) is 0. The van der Waals surface area contributed by atoms with Gasteiger partial charge in [-0.25, -0.2) is 15.0 Å². The van der Waals surface area contributed by atoms with E-state index in [-0.39, 0.29) is 5.92 Å². The second-order valence-corrected chi connectivity index (χ2v) is 8.50. The molecule has 170 valence electrons. The molecular weight excluding hydrogens is 424 g/mol. The van der Waals surface area contributed by atoms with E-state index in [1.165, 1.54) is 17.0 Å². The highest BCUT2D eigenvalue weighted by Crippen LogP contribution is 2.31. The van der Waals surface area contributed by atoms with Gasteiger partial charge in [0.25, 0.3) is 0 Å². The number of oxime groups is 1. The van der Waals surface area contributed by atoms with Gasteiger partial charge in [-0.05, 0) is 31.0 Å². The minimum absolute atomic E-state index is 0.118. The van der Waals surface area contributed by atoms with Gasteiger partial charge >= 0.3 is 0 Å². The van der Waals surface area contributed by atoms with Crippen LogP contribution in [0, 0.1) is 5.92 Å². The van der Waals surface area contributed by atoms with Crippen molar-refractivity contribution in [2.24, 2.45) is 11.1 Å². The molecule has 1 N–H and O–H groups in total. The molecule has 3 aromatic rings. The van der Waals surface area contributed by atoms with Gasteiger partial charge in [0.15, 0.2) is 0 Å². The molecule has 0 bridgehead atoms. The minimum Gasteiger partial charge on any atom is -0.411 e. The van der Waals surface area contributed by atoms with Gasteiger partial charge in [-0.15, -0.1) is 11.3 Å². The maximum atomic E-state index is 9.63. The maximum Gasteiger partial charge on any atom is 0.141 e. The van der Waals surface area contributed by atoms with Gasteiger partial charge in [0.05, 0.1) is 18.7 Å². The van der Waals surface area contributed by atoms with Gasteiger partial charge in [0.1, 0.15) is 22.9 Å². The second-order valence-electron chi connectivity index (χ2n) is 7.61. The highest BCUT2D eigenvalue weighted by molar-refractivity contribution is 7.11. The number of anilines is 2. The number of piperidine rings is 1. The molecule has 0 saturated carbocycles. The van der Waals surface area contributed by atoms with Crippen LogP contribution in [-0.4, -0.2) is 65.3 Å². The van der Waals surface area contributed by atoms with Gasteiger partial charge in [0.2, 0.25) is 0 Å². The monoisotopic (exact) mass is 454 g/mol. The normalized spacial score (nSPS) is 19.6. The molecule has 2 aliphatic heterocycles. The number of hydrogen-bond donors (Lipinski definition) is 1. The molecule has 2 aromatic heterocycles. The smallest absolute Gasteiger partial charge is 0.141 e. The average Bonchev–Trinajstić information content (AvgIpc) is 3.40. The quantitative estimate of drug-likeness (QED) is 0.362. The Hall–Kier alpha value is -2.78. The first-order valence-electron chi connectivity index (χ1n) is 11.3. The Kier molecular flexibility index (Phi) is 7.49. The molecule has 5 rings (SSSR count). The summed E-state index contributed by atoms with van der Waals surface area (Å²) in [5, 5.41) is 17.0. The van der Waals surface area contributed by atoms with Crippen LogP contribution in [0.15, 0.2) is 41.3 Å². The number of rotatable bonds is 4. The van der Waals surface area contributed by atoms with Crippen molar-refractivity contribution in [3.05, 3.63) is 41.1 Å². The van der Waals surface area contributed by atoms with E-state index in [0.29, 0.717) is 5.71 Å². The zero-order chi connectivity index (χ0) is 22.3. The van der Waals surface area contributed by atoms with Crippen LogP contribution in [0.2, 0.25) is 0 Å². The molecule has 2 saturated heterocycles. The lowest BCUT2D eigenvalue weighted by Crippen LogP contribution is -2.39. The summed E-state index contributed by atoms with van der Waals surface area (Å²) in [4.78, 5) is 18.1. The number of nitrogens with zero attached hydrogens (tertiary/aromatic N) is 6. The van der Waals surface area contributed by atoms with Crippen molar-refractivity contribution >= 4 is 39.5 Å². The molecule has 2 aliphatic rings. The Morgan fingerprint density at radius 1 is 1.12 bits per heavy atom. The molecule has 9 heteroatoms. The lowest BCUT2D eigenvalue weighted by atomic mass is 9.93. The van der Waals surface area contributed by atoms with E-state index in [1.807, 2.05) is 19.2 Å². The fourth-order valence-corrected chi connectivity index (χ4v) is 5.04. The van der Waals surface area contributed by atoms with Crippen molar-refractivity contribution in [3.63, 3.8) is 0 Å². The molecule has 32 heavy (non-hydrogen) atoms. The molecule has 0 spiro atoms. The number of fused-ring (bicyclic) bond motifs is 1. The predicted molar refractivity (Wildman–Crippen MR) is 129 cm³/mol. The van der Waals surface area contributed by atoms with E-state index in [2.05, 4.69) is 48.1 Å². The van der Waals surface area contributed by atoms with E-state index in [0.717, 1.165) is 74.0 Å². The van der Waals surface area contributed by atoms with Crippen molar-refractivity contribution in [3.8, 4) is 0 Å². The lowest BCUT2D eigenvalue weighted by molar-refractivity contribution is 0.122. The molecule has 0 amide bonds. The maximum absolute atomic E-state index is 9.63. The van der Waals surface area contributed by atoms with Crippen LogP contribution < -0.4 is 9.80 Å². The summed E-state index contributed by atoms with van der Waals surface area (Å²) in [6.07, 6.45) is 5.37. The molecule has 8 nitrogen and oxygen atoms in total. The summed E-state index contributed by atoms with van der Waals surface area (Å²) in [5.74, 6) is 1.06. The highest BCUT2D eigenvalue weighted by atomic mass is 32.1. The summed E-state index contributed by atoms with van der Waals surface area (Å²) in [5.41, 5.74) is 2.79. The van der Waals surface area contributed by atoms with Crippen LogP contribution in [-0.2, 0) is 4.74 Å². The van der Waals surface area contributed by atoms with Crippen LogP contribution in [0.5, 0.6) is 0 Å². The fourth-order valence-electron chi connectivity index (χ4n) is 4.34. The Morgan fingerprint density at radius 2 is 1.97 bits per heavy atom. The van der Waals surface area contributed by atoms with Gasteiger partial charge in [-0.2, -0.15) is 0 Å². The number of hydrogen-bond acceptors (Lipinski definition) is 9. The third-order valence-corrected chi connectivity index (χ3v) is 6.64. The van der Waals surface area contributed by atoms with Crippen molar-refractivity contribution in [2.45, 2.75) is 26.7 Å². The first kappa shape index (κ1) is 22.4. The first-order valence-corrected chi connectivity index (χ1v) is 12.2. The molecule has 1 atom stereocenters. The second kappa shape index (κ2) is 10.7. The van der Waals surface area contributed by atoms with Crippen molar-refractivity contribution < 1.29 is 9.94 Å². The number of morpholine rings is 1. The first-order chi connectivity index (χ1) is 15.8. The van der Waals surface area contributed by atoms with Crippen molar-refractivity contribution in [1.82, 2.24) is 15.0 Å². The van der Waals surface area contributed by atoms with E-state index >= 15 is 0 Å². The molecule has 4 heterocycles. The van der Waals surface area contributed by atoms with E-state index in [1.54, 1.807) is 12.5 Å². The standard InChI is InChI=1S/C21H24N6O2S.C2H6/c28-25-19(21-22-5-11-30-21)15-2-1-6-27(13-15)20-17-4-3-16(12-18(17)23-14-24-20)26-7-9-29-10-8-26;1-2/h3-5,11-12,14-15,28H,1-2,6-10,13H2;1-2H3/b25-19+;. The SMILES string of the molecule is CC.O/N=C(/c1nccs1)C1CCCN(c2ncnc3cc(N4CCOCC4)ccc23)C1. The van der Waals surface area contributed by atoms with Gasteiger partial charge in [0, 0.05) is 54.7 Å². The Balaban J connectivity index is 0.00000119. The highest BCUT2D eigenvalue weighted by Gasteiger charge is 2.28. The van der Waals surface area contributed by atoms with E-state index in [4.69, 9.17) is 4.74 Å². The third-order valence-electron chi connectivity index (χ3n) is 5.84. The Labute approximate surface area is 192 Å². The largest absolute Gasteiger partial charge is 0.411 e. The number of ether oxygens (including phenoxy) is 1. The van der Waals surface area contributed by atoms with Crippen LogP contribution in [0.3, 0.4) is 0 Å². The van der Waals surface area contributed by atoms with Crippen LogP contribution in [0.1, 0.15) is 31.7 Å². The van der Waals surface area contributed by atoms with Gasteiger partial charge in [-0.1, -0.05) is 19.0 Å². The molecule has 2 fully saturated rings. The van der Waals surface area contributed by atoms with Crippen LogP contribution >= 0.6 is 11.3 Å². The third kappa shape index (κ3) is 4.68. The predicted octanol–water partition coefficient (Wildman–Crippen LogP) is 4.04. The minimum atomic E-state index is 0.118. The van der Waals surface area contributed by atoms with Crippen molar-refractivity contribution in [2.75, 3.05) is 49.2 Å². The summed E-state index contributed by atoms with van der Waals surface area (Å²) in [6, 6.07) is 6.42. The average molecular weight is 455 g/mol. The lowest BCUT2D eigenvalue weighted by Gasteiger charge is -2.34. The van der Waals surface area contributed by atoms with Gasteiger partial charge < -0.3 is 19.7 Å². The molecular formula is C23H30N6O2S. The van der Waals surface area contributed by atoms with Crippen LogP contribution in [0.25, 0.3) is 10.9 Å². The number of aromatic nitrogens is 3. The van der Waals surface area contributed by atoms with E-state index < -0.39 is 0 Å². The fraction of sp³-hybridized carbons (Fsp3) is 0.478. The zero-order valence-electron chi connectivity index (χ0n) is 18.6. The molecule has 1 unspecified atom stereocenters. The number of benzene rings is 1. The van der Waals surface area contributed by atoms with Crippen molar-refractivity contribution in [1.29, 1.82) is 0 Å². The topological polar surface area (TPSA) is 87.0 Å². The summed E-state index contributed by atoms with van der Waals surface area (Å²) >= 11 is 1.50. The molecule has 0 radical (unpaired) electrons. The zero-order valence-corrected chi connectivity index (χ0v) is 19.5. The summed E-state index contributed by atoms with van der Waals surface area (Å²) < 4.78 is 5.47. The molecule has 0 aliphatic carbocycles. The Bertz CT molecular complexity index is 1040. The van der Waals surface area contributed by atoms with Gasteiger partial charge in [-0.3, -0.25) is 0 Å². The molecule has 1 aromatic carbocycles.